The van der Waals surface area contributed by atoms with Crippen LogP contribution < -0.4 is 36.9 Å². The number of nitrogens with zero attached hydrogens (tertiary/aromatic N) is 15. The van der Waals surface area contributed by atoms with E-state index in [4.69, 9.17) is 4.52 Å². The first-order valence-corrected chi connectivity index (χ1v) is 28.1. The molecule has 0 amide bonds. The van der Waals surface area contributed by atoms with Crippen molar-refractivity contribution in [2.45, 2.75) is 154 Å². The minimum absolute atomic E-state index is 0. The zero-order chi connectivity index (χ0) is 56.7. The van der Waals surface area contributed by atoms with E-state index in [0.717, 1.165) is 17.3 Å². The minimum atomic E-state index is 0. The maximum Gasteiger partial charge on any atom is 0.310 e. The van der Waals surface area contributed by atoms with Crippen molar-refractivity contribution < 1.29 is 46.2 Å². The monoisotopic (exact) mass is 1220 g/mol. The van der Waals surface area contributed by atoms with Crippen LogP contribution in [-0.4, -0.2) is 46.9 Å². The van der Waals surface area contributed by atoms with Crippen molar-refractivity contribution >= 4 is 56.6 Å². The van der Waals surface area contributed by atoms with Gasteiger partial charge in [0.15, 0.2) is 73.6 Å². The Morgan fingerprint density at radius 1 is 0.598 bits per heavy atom. The van der Waals surface area contributed by atoms with Gasteiger partial charge in [-0.15, -0.1) is 9.38 Å². The summed E-state index contributed by atoms with van der Waals surface area (Å²) in [6, 6.07) is 17.4. The standard InChI is InChI=1S/C10H13N2.2C7H13N2.C7H10N.C6H10NO.C5H9N2S.C5H8NS.2C4H7N2S.7CH4/c1-8-9-6-4-5-7-10(9)12(3)11(8)2;1-6-5-8(3)7(2)9(6)4;1-6-4-5-7(2)9(3)8-6;1-7-5-3-4-6-8(7)2;1-5-4-6(2)8-7(5)3;1-4-6-8-5(2)7(4)3;1-5-6(2)3-4-7-5;1-4-6(2)5-3-7-4;1-4-6(2)3-5-7-4;;;;;;;/h4-7H,1-3H3;5H,1-4H3;4-7H,1-3H3;3-6H,1-2H3;4H,1-3H3;1-3H3;3-4H,1-2H3;2*3H,1-2H3;7*1H4/q9*+1;;;;;;;. The summed E-state index contributed by atoms with van der Waals surface area (Å²) in [6.07, 6.45) is 12.3. The van der Waals surface area contributed by atoms with Crippen LogP contribution in [0.1, 0.15) is 126 Å². The predicted molar refractivity (Wildman–Crippen MR) is 349 cm³/mol. The van der Waals surface area contributed by atoms with Crippen molar-refractivity contribution in [1.29, 1.82) is 0 Å². The molecule has 1 aliphatic rings. The maximum atomic E-state index is 5.13. The van der Waals surface area contributed by atoms with Crippen LogP contribution in [0.15, 0.2) is 106 Å². The van der Waals surface area contributed by atoms with Crippen molar-refractivity contribution in [2.24, 2.45) is 75.6 Å². The molecule has 0 saturated heterocycles. The number of hydrogen-bond donors (Lipinski definition) is 0. The fraction of sp³-hybridized carbons (Fsp3) is 0.532. The molecule has 16 nitrogen and oxygen atoms in total. The molecule has 0 bridgehead atoms. The first kappa shape index (κ1) is 87.2. The molecule has 1 aliphatic heterocycles. The van der Waals surface area contributed by atoms with E-state index in [1.807, 2.05) is 128 Å². The third-order valence-electron chi connectivity index (χ3n) is 12.7. The molecule has 0 N–H and O–H groups in total. The number of rotatable bonds is 0. The minimum Gasteiger partial charge on any atom is -0.242 e. The molecule has 0 spiro atoms. The summed E-state index contributed by atoms with van der Waals surface area (Å²) in [6.45, 7) is 26.8. The number of azo groups is 2. The summed E-state index contributed by atoms with van der Waals surface area (Å²) >= 11 is 6.48. The highest BCUT2D eigenvalue weighted by Gasteiger charge is 2.15. The molecule has 0 saturated carbocycles. The van der Waals surface area contributed by atoms with Crippen molar-refractivity contribution in [3.05, 3.63) is 157 Å². The molecule has 10 rings (SSSR count). The largest absolute Gasteiger partial charge is 0.310 e. The van der Waals surface area contributed by atoms with Gasteiger partial charge in [-0.25, -0.2) is 27.4 Å². The number of imidazole rings is 1. The van der Waals surface area contributed by atoms with E-state index in [9.17, 15) is 0 Å². The van der Waals surface area contributed by atoms with Crippen LogP contribution in [0.5, 0.6) is 0 Å². The van der Waals surface area contributed by atoms with E-state index in [1.165, 1.54) is 65.4 Å². The van der Waals surface area contributed by atoms with Gasteiger partial charge in [-0.3, -0.25) is 0 Å². The number of para-hydroxylation sites is 1. The van der Waals surface area contributed by atoms with Gasteiger partial charge in [0.2, 0.25) is 16.2 Å². The van der Waals surface area contributed by atoms with E-state index < -0.39 is 0 Å². The number of likely N-dealkylation sites (N-methyl/N-ethyl adjacent to an activating group) is 1. The second-order valence-corrected chi connectivity index (χ2v) is 22.4. The zero-order valence-corrected chi connectivity index (χ0v) is 52.9. The predicted octanol–water partition coefficient (Wildman–Crippen LogP) is 11.2. The number of hydrogen-bond acceptors (Lipinski definition) is 9. The van der Waals surface area contributed by atoms with Gasteiger partial charge < -0.3 is 0 Å². The summed E-state index contributed by atoms with van der Waals surface area (Å²) in [7, 11) is 22.2. The Kier molecular flexibility index (Phi) is 46.3. The third kappa shape index (κ3) is 29.2. The highest BCUT2D eigenvalue weighted by molar-refractivity contribution is 7.09. The van der Waals surface area contributed by atoms with Crippen LogP contribution in [0.3, 0.4) is 0 Å². The van der Waals surface area contributed by atoms with Gasteiger partial charge in [0.05, 0.1) is 57.8 Å². The van der Waals surface area contributed by atoms with Gasteiger partial charge in [-0.05, 0) is 35.8 Å². The summed E-state index contributed by atoms with van der Waals surface area (Å²) in [4.78, 5) is 0. The SMILES string of the molecule is C.C.C.C.C.C.C.CC1C=CC(C)[N+](C)=N1.Cc1c2ccccc2[n+](C)n1C.Cc1c[n+](C)c(C)n1C.Cc1cc(C)[n+](C)o1.Cc1cccc[n+]1C.Cc1nsc(C)[n+]1C.Cc1scc[n+]1C.Cc1scn[n+]1C.Cc1snc[n+]1C. The lowest BCUT2D eigenvalue weighted by molar-refractivity contribution is -0.850. The lowest BCUT2D eigenvalue weighted by Crippen LogP contribution is -2.37. The Bertz CT molecular complexity index is 2900. The van der Waals surface area contributed by atoms with Crippen LogP contribution in [0, 0.1) is 76.2 Å². The Morgan fingerprint density at radius 2 is 1.20 bits per heavy atom. The number of aromatic nitrogens is 13. The van der Waals surface area contributed by atoms with Crippen LogP contribution >= 0.6 is 45.7 Å². The quantitative estimate of drug-likeness (QED) is 0.111. The Labute approximate surface area is 516 Å². The normalized spacial score (nSPS) is 11.7. The molecule has 9 heterocycles. The van der Waals surface area contributed by atoms with E-state index in [1.54, 1.807) is 45.3 Å². The second-order valence-electron chi connectivity index (χ2n) is 18.3. The molecule has 462 valence electrons. The smallest absolute Gasteiger partial charge is 0.242 e. The van der Waals surface area contributed by atoms with Gasteiger partial charge in [-0.2, -0.15) is 9.25 Å². The summed E-state index contributed by atoms with van der Waals surface area (Å²) in [5.41, 5.74) is 8.17. The number of thiazole rings is 1. The van der Waals surface area contributed by atoms with E-state index in [-0.39, 0.29) is 52.0 Å². The fourth-order valence-electron chi connectivity index (χ4n) is 6.30. The van der Waals surface area contributed by atoms with Crippen molar-refractivity contribution in [3.8, 4) is 0 Å². The lowest BCUT2D eigenvalue weighted by atomic mass is 10.2. The Balaban J connectivity index is -0.000000197. The summed E-state index contributed by atoms with van der Waals surface area (Å²) in [5.74, 6) is 3.34. The van der Waals surface area contributed by atoms with Crippen LogP contribution in [0.4, 0.5) is 0 Å². The summed E-state index contributed by atoms with van der Waals surface area (Å²) in [5, 5.41) is 16.7. The van der Waals surface area contributed by atoms with Gasteiger partial charge in [0, 0.05) is 108 Å². The molecule has 2 unspecified atom stereocenters. The Morgan fingerprint density at radius 3 is 1.45 bits per heavy atom. The first-order valence-electron chi connectivity index (χ1n) is 24.8. The molecule has 0 aliphatic carbocycles. The molecular weight excluding hydrogens is 1100 g/mol. The second kappa shape index (κ2) is 43.6. The molecule has 9 aromatic rings. The zero-order valence-electron chi connectivity index (χ0n) is 49.6. The number of pyridine rings is 1. The molecule has 2 atom stereocenters. The van der Waals surface area contributed by atoms with Gasteiger partial charge in [-0.1, -0.05) is 104 Å². The molecular formula is C62H118N15OS4+9. The van der Waals surface area contributed by atoms with Crippen molar-refractivity contribution in [1.82, 2.24) is 23.1 Å². The maximum absolute atomic E-state index is 5.13. The number of benzene rings is 1. The molecule has 82 heavy (non-hydrogen) atoms. The van der Waals surface area contributed by atoms with E-state index >= 15 is 0 Å². The average Bonchev–Trinajstić information content (AvgIpc) is 4.25. The summed E-state index contributed by atoms with van der Waals surface area (Å²) < 4.78 is 35.6. The Hall–Kier alpha value is -6.09. The third-order valence-corrected chi connectivity index (χ3v) is 16.0. The first-order chi connectivity index (χ1) is 35.2. The topological polar surface area (TPSA) is 108 Å². The van der Waals surface area contributed by atoms with Crippen molar-refractivity contribution in [2.75, 3.05) is 7.05 Å². The van der Waals surface area contributed by atoms with E-state index in [0.29, 0.717) is 12.1 Å². The van der Waals surface area contributed by atoms with Gasteiger partial charge in [0.1, 0.15) is 55.1 Å². The molecule has 0 radical (unpaired) electrons. The number of aryl methyl sites for hydroxylation is 17. The van der Waals surface area contributed by atoms with Crippen LogP contribution in [0.2, 0.25) is 0 Å². The van der Waals surface area contributed by atoms with Gasteiger partial charge >= 0.3 is 12.2 Å². The highest BCUT2D eigenvalue weighted by Crippen LogP contribution is 2.13. The molecule has 1 aromatic carbocycles. The molecule has 0 fully saturated rings. The molecule has 8 aromatic heterocycles. The van der Waals surface area contributed by atoms with Crippen LogP contribution in [0.25, 0.3) is 10.9 Å². The van der Waals surface area contributed by atoms with Crippen LogP contribution in [-0.2, 0) is 70.5 Å². The number of fused-ring (bicyclic) bond motifs is 1. The average molecular weight is 1220 g/mol. The lowest BCUT2D eigenvalue weighted by Gasteiger charge is -2.06. The van der Waals surface area contributed by atoms with E-state index in [2.05, 4.69) is 195 Å². The van der Waals surface area contributed by atoms with Gasteiger partial charge in [0.25, 0.3) is 10.8 Å². The fourth-order valence-corrected chi connectivity index (χ4v) is 8.66. The van der Waals surface area contributed by atoms with Crippen molar-refractivity contribution in [3.63, 3.8) is 0 Å². The molecule has 20 heteroatoms. The highest BCUT2D eigenvalue weighted by atomic mass is 32.1.